The molecule has 2 saturated heterocycles. The van der Waals surface area contributed by atoms with Gasteiger partial charge >= 0.3 is 0 Å². The lowest BCUT2D eigenvalue weighted by Gasteiger charge is -2.46. The van der Waals surface area contributed by atoms with E-state index in [0.29, 0.717) is 50.3 Å². The Bertz CT molecular complexity index is 923. The summed E-state index contributed by atoms with van der Waals surface area (Å²) in [5.41, 5.74) is 2.09. The van der Waals surface area contributed by atoms with Crippen LogP contribution in [0.2, 0.25) is 0 Å². The average Bonchev–Trinajstić information content (AvgIpc) is 3.25. The minimum absolute atomic E-state index is 0.0545. The number of benzene rings is 2. The van der Waals surface area contributed by atoms with Crippen molar-refractivity contribution in [2.24, 2.45) is 11.8 Å². The number of halogens is 1. The van der Waals surface area contributed by atoms with Crippen molar-refractivity contribution in [2.45, 2.75) is 31.4 Å². The number of likely N-dealkylation sites (tertiary alicyclic amines) is 1. The number of carbonyl (C=O) groups is 1. The predicted octanol–water partition coefficient (Wildman–Crippen LogP) is 3.03. The number of hydrogen-bond acceptors (Lipinski definition) is 4. The Labute approximate surface area is 189 Å². The number of methoxy groups -OCH3 is 1. The third-order valence-corrected chi connectivity index (χ3v) is 7.09. The zero-order valence-corrected chi connectivity index (χ0v) is 18.8. The van der Waals surface area contributed by atoms with E-state index in [1.807, 2.05) is 36.4 Å². The maximum absolute atomic E-state index is 14.6. The molecule has 5 nitrogen and oxygen atoms in total. The van der Waals surface area contributed by atoms with E-state index >= 15 is 0 Å². The molecule has 1 unspecified atom stereocenters. The van der Waals surface area contributed by atoms with E-state index in [-0.39, 0.29) is 35.4 Å². The highest BCUT2D eigenvalue weighted by molar-refractivity contribution is 5.98. The van der Waals surface area contributed by atoms with Crippen LogP contribution in [0.3, 0.4) is 0 Å². The number of ether oxygens (including phenoxy) is 1. The van der Waals surface area contributed by atoms with Gasteiger partial charge in [0.05, 0.1) is 18.8 Å². The molecule has 1 N–H and O–H groups in total. The highest BCUT2D eigenvalue weighted by Gasteiger charge is 2.48. The van der Waals surface area contributed by atoms with Gasteiger partial charge in [0, 0.05) is 50.7 Å². The van der Waals surface area contributed by atoms with Gasteiger partial charge in [-0.25, -0.2) is 9.71 Å². The molecule has 6 heteroatoms. The van der Waals surface area contributed by atoms with Crippen LogP contribution in [0, 0.1) is 24.6 Å². The molecular weight excluding hydrogens is 407 g/mol. The lowest BCUT2D eigenvalue weighted by Crippen LogP contribution is -2.54. The van der Waals surface area contributed by atoms with Gasteiger partial charge in [-0.1, -0.05) is 42.5 Å². The van der Waals surface area contributed by atoms with Gasteiger partial charge in [-0.3, -0.25) is 9.69 Å². The predicted molar refractivity (Wildman–Crippen MR) is 121 cm³/mol. The minimum Gasteiger partial charge on any atom is -0.391 e. The van der Waals surface area contributed by atoms with Gasteiger partial charge in [-0.2, -0.15) is 0 Å². The van der Waals surface area contributed by atoms with Crippen molar-refractivity contribution in [1.82, 2.24) is 10.2 Å². The summed E-state index contributed by atoms with van der Waals surface area (Å²) < 4.78 is 19.9. The van der Waals surface area contributed by atoms with Crippen molar-refractivity contribution in [1.29, 1.82) is 0 Å². The smallest absolute Gasteiger partial charge is 0.167 e. The summed E-state index contributed by atoms with van der Waals surface area (Å²) in [5, 5.41) is 15.5. The molecule has 0 saturated carbocycles. The van der Waals surface area contributed by atoms with Crippen LogP contribution >= 0.6 is 0 Å². The number of ketones is 1. The van der Waals surface area contributed by atoms with Crippen molar-refractivity contribution in [3.05, 3.63) is 71.0 Å². The fourth-order valence-corrected chi connectivity index (χ4v) is 5.46. The van der Waals surface area contributed by atoms with E-state index in [4.69, 9.17) is 10.1 Å². The van der Waals surface area contributed by atoms with Crippen LogP contribution in [0.25, 0.3) is 0 Å². The second kappa shape index (κ2) is 10.2. The molecule has 2 aliphatic heterocycles. The van der Waals surface area contributed by atoms with Gasteiger partial charge in [-0.05, 0) is 36.5 Å². The lowest BCUT2D eigenvalue weighted by atomic mass is 9.67. The van der Waals surface area contributed by atoms with Crippen LogP contribution in [-0.4, -0.2) is 67.8 Å². The summed E-state index contributed by atoms with van der Waals surface area (Å²) in [7, 11) is 1.67. The lowest BCUT2D eigenvalue weighted by molar-refractivity contribution is 0.0296. The highest BCUT2D eigenvalue weighted by Crippen LogP contribution is 2.44. The average molecular weight is 440 g/mol. The largest absolute Gasteiger partial charge is 0.391 e. The molecule has 0 amide bonds. The second-order valence-corrected chi connectivity index (χ2v) is 8.99. The Morgan fingerprint density at radius 1 is 1.19 bits per heavy atom. The van der Waals surface area contributed by atoms with E-state index in [9.17, 15) is 14.3 Å². The van der Waals surface area contributed by atoms with E-state index in [2.05, 4.69) is 4.90 Å². The number of hydrogen-bond donors (Lipinski definition) is 1. The summed E-state index contributed by atoms with van der Waals surface area (Å²) in [4.78, 5) is 16.0. The van der Waals surface area contributed by atoms with Gasteiger partial charge in [0.25, 0.3) is 0 Å². The van der Waals surface area contributed by atoms with E-state index in [1.54, 1.807) is 20.1 Å². The normalized spacial score (nSPS) is 28.7. The molecule has 32 heavy (non-hydrogen) atoms. The standard InChI is InChI=1S/C26H32FN2O3/c1-17-19(9-6-10-22(17)27)24-20(25-23(30)11-12-28-25)15-29(13-14-32-2)16-21(24)26(31)18-7-4-3-5-8-18/h3-10,20-21,23-25,30H,11-16H2,1-2H3/t20-,21?,23-,24+,25+/m0/s1. The number of nitrogens with zero attached hydrogens (tertiary/aromatic N) is 2. The molecule has 0 bridgehead atoms. The number of piperidine rings is 1. The Balaban J connectivity index is 1.79. The first-order valence-corrected chi connectivity index (χ1v) is 11.4. The maximum Gasteiger partial charge on any atom is 0.167 e. The van der Waals surface area contributed by atoms with Gasteiger partial charge in [0.15, 0.2) is 5.78 Å². The Morgan fingerprint density at radius 2 is 1.97 bits per heavy atom. The van der Waals surface area contributed by atoms with Crippen LogP contribution in [0.5, 0.6) is 0 Å². The fourth-order valence-electron chi connectivity index (χ4n) is 5.46. The van der Waals surface area contributed by atoms with Crippen molar-refractivity contribution in [2.75, 3.05) is 39.9 Å². The number of aliphatic hydroxyl groups is 1. The molecule has 0 aliphatic carbocycles. The Hall–Kier alpha value is -2.12. The first-order chi connectivity index (χ1) is 15.5. The molecule has 2 heterocycles. The molecule has 4 rings (SSSR count). The van der Waals surface area contributed by atoms with Crippen LogP contribution < -0.4 is 5.32 Å². The van der Waals surface area contributed by atoms with Crippen LogP contribution in [0.1, 0.15) is 33.8 Å². The maximum atomic E-state index is 14.6. The van der Waals surface area contributed by atoms with Gasteiger partial charge in [0.1, 0.15) is 5.82 Å². The minimum atomic E-state index is -0.536. The Morgan fingerprint density at radius 3 is 2.66 bits per heavy atom. The Kier molecular flexibility index (Phi) is 7.36. The molecule has 2 aromatic rings. The van der Waals surface area contributed by atoms with Crippen LogP contribution in [0.4, 0.5) is 4.39 Å². The SMILES string of the molecule is COCCN1CC(C(=O)c2ccccc2)[C@H](c2cccc(F)c2C)[C@@H]([C@H]2[N]CC[C@@H]2O)C1. The first kappa shape index (κ1) is 23.1. The summed E-state index contributed by atoms with van der Waals surface area (Å²) in [6, 6.07) is 14.2. The molecule has 2 aromatic carbocycles. The molecular formula is C26H32FN2O3. The first-order valence-electron chi connectivity index (χ1n) is 11.4. The number of carbonyl (C=O) groups excluding carboxylic acids is 1. The van der Waals surface area contributed by atoms with Gasteiger partial charge < -0.3 is 9.84 Å². The monoisotopic (exact) mass is 439 g/mol. The number of aliphatic hydroxyl groups excluding tert-OH is 1. The van der Waals surface area contributed by atoms with Crippen LogP contribution in [-0.2, 0) is 4.74 Å². The van der Waals surface area contributed by atoms with E-state index in [1.165, 1.54) is 6.07 Å². The summed E-state index contributed by atoms with van der Waals surface area (Å²) in [6.45, 7) is 4.92. The van der Waals surface area contributed by atoms with Gasteiger partial charge in [0.2, 0.25) is 0 Å². The van der Waals surface area contributed by atoms with Crippen molar-refractivity contribution < 1.29 is 19.0 Å². The summed E-state index contributed by atoms with van der Waals surface area (Å²) in [5.74, 6) is -0.886. The number of rotatable bonds is 7. The zero-order valence-electron chi connectivity index (χ0n) is 18.8. The highest BCUT2D eigenvalue weighted by atomic mass is 19.1. The molecule has 2 aliphatic rings. The van der Waals surface area contributed by atoms with Crippen molar-refractivity contribution in [3.8, 4) is 0 Å². The summed E-state index contributed by atoms with van der Waals surface area (Å²) >= 11 is 0. The molecule has 0 aromatic heterocycles. The zero-order chi connectivity index (χ0) is 22.7. The molecule has 1 radical (unpaired) electrons. The summed E-state index contributed by atoms with van der Waals surface area (Å²) in [6.07, 6.45) is 0.0944. The second-order valence-electron chi connectivity index (χ2n) is 8.99. The van der Waals surface area contributed by atoms with Crippen LogP contribution in [0.15, 0.2) is 48.5 Å². The third-order valence-electron chi connectivity index (χ3n) is 7.09. The van der Waals surface area contributed by atoms with Crippen molar-refractivity contribution in [3.63, 3.8) is 0 Å². The molecule has 5 atom stereocenters. The van der Waals surface area contributed by atoms with Gasteiger partial charge in [-0.15, -0.1) is 0 Å². The van der Waals surface area contributed by atoms with Crippen molar-refractivity contribution >= 4 is 5.78 Å². The third kappa shape index (κ3) is 4.64. The fraction of sp³-hybridized carbons (Fsp3) is 0.500. The molecule has 171 valence electrons. The van der Waals surface area contributed by atoms with E-state index < -0.39 is 6.10 Å². The molecule has 0 spiro atoms. The topological polar surface area (TPSA) is 63.9 Å². The quantitative estimate of drug-likeness (QED) is 0.674. The molecule has 2 fully saturated rings. The number of Topliss-reactive ketones (excluding diaryl/α,β-unsaturated/α-hetero) is 1. The van der Waals surface area contributed by atoms with E-state index in [0.717, 1.165) is 5.56 Å².